The highest BCUT2D eigenvalue weighted by atomic mass is 16.4. The molecule has 5 heteroatoms. The second-order valence-corrected chi connectivity index (χ2v) is 3.66. The monoisotopic (exact) mass is 214 g/mol. The van der Waals surface area contributed by atoms with Gasteiger partial charge in [-0.05, 0) is 12.3 Å². The molecule has 2 amide bonds. The maximum absolute atomic E-state index is 11.2. The number of carbonyl (C=O) groups excluding carboxylic acids is 1. The fraction of sp³-hybridized carbons (Fsp3) is 0.600. The van der Waals surface area contributed by atoms with Gasteiger partial charge >= 0.3 is 12.0 Å². The number of amides is 2. The zero-order valence-corrected chi connectivity index (χ0v) is 9.12. The molecule has 0 saturated carbocycles. The highest BCUT2D eigenvalue weighted by molar-refractivity contribution is 5.82. The van der Waals surface area contributed by atoms with Crippen LogP contribution in [0, 0.1) is 5.92 Å². The van der Waals surface area contributed by atoms with Crippen molar-refractivity contribution in [2.75, 3.05) is 6.54 Å². The van der Waals surface area contributed by atoms with E-state index in [0.717, 1.165) is 0 Å². The molecule has 0 rings (SSSR count). The van der Waals surface area contributed by atoms with Crippen molar-refractivity contribution >= 4 is 12.0 Å². The van der Waals surface area contributed by atoms with Crippen LogP contribution in [0.4, 0.5) is 4.79 Å². The van der Waals surface area contributed by atoms with Crippen molar-refractivity contribution in [1.29, 1.82) is 0 Å². The smallest absolute Gasteiger partial charge is 0.326 e. The zero-order valence-electron chi connectivity index (χ0n) is 9.12. The molecule has 0 aromatic rings. The average Bonchev–Trinajstić information content (AvgIpc) is 2.12. The lowest BCUT2D eigenvalue weighted by molar-refractivity contribution is -0.139. The molecule has 0 heterocycles. The van der Waals surface area contributed by atoms with E-state index in [-0.39, 0.29) is 5.92 Å². The number of urea groups is 1. The van der Waals surface area contributed by atoms with Gasteiger partial charge in [0, 0.05) is 6.54 Å². The minimum Gasteiger partial charge on any atom is -0.480 e. The minimum atomic E-state index is -1.02. The molecule has 0 radical (unpaired) electrons. The number of carbonyl (C=O) groups is 2. The summed E-state index contributed by atoms with van der Waals surface area (Å²) in [5, 5.41) is 13.7. The normalized spacial score (nSPS) is 11.9. The van der Waals surface area contributed by atoms with Gasteiger partial charge < -0.3 is 15.7 Å². The third kappa shape index (κ3) is 6.54. The molecule has 86 valence electrons. The van der Waals surface area contributed by atoms with Crippen molar-refractivity contribution < 1.29 is 14.7 Å². The summed E-state index contributed by atoms with van der Waals surface area (Å²) in [5.41, 5.74) is 0. The molecule has 0 aliphatic heterocycles. The average molecular weight is 214 g/mol. The summed E-state index contributed by atoms with van der Waals surface area (Å²) in [6.07, 6.45) is 1.94. The molecule has 0 aliphatic rings. The van der Waals surface area contributed by atoms with Crippen LogP contribution in [-0.4, -0.2) is 29.7 Å². The van der Waals surface area contributed by atoms with Gasteiger partial charge in [-0.2, -0.15) is 0 Å². The Bertz CT molecular complexity index is 239. The Balaban J connectivity index is 4.10. The van der Waals surface area contributed by atoms with Crippen molar-refractivity contribution in [2.24, 2.45) is 5.92 Å². The van der Waals surface area contributed by atoms with Gasteiger partial charge in [-0.25, -0.2) is 9.59 Å². The third-order valence-electron chi connectivity index (χ3n) is 1.72. The molecule has 1 atom stereocenters. The fourth-order valence-corrected chi connectivity index (χ4v) is 1.07. The number of hydrogen-bond acceptors (Lipinski definition) is 2. The lowest BCUT2D eigenvalue weighted by atomic mass is 10.0. The number of carboxylic acid groups (broad SMARTS) is 1. The van der Waals surface area contributed by atoms with Crippen molar-refractivity contribution in [3.63, 3.8) is 0 Å². The number of rotatable bonds is 6. The first kappa shape index (κ1) is 13.5. The quantitative estimate of drug-likeness (QED) is 0.576. The molecule has 0 aliphatic carbocycles. The summed E-state index contributed by atoms with van der Waals surface area (Å²) in [6, 6.07) is -1.32. The van der Waals surface area contributed by atoms with Crippen LogP contribution in [0.1, 0.15) is 20.3 Å². The van der Waals surface area contributed by atoms with E-state index in [0.29, 0.717) is 13.0 Å². The van der Waals surface area contributed by atoms with Gasteiger partial charge in [0.1, 0.15) is 6.04 Å². The van der Waals surface area contributed by atoms with E-state index in [1.54, 1.807) is 0 Å². The molecule has 0 aromatic carbocycles. The number of hydrogen-bond donors (Lipinski definition) is 3. The second kappa shape index (κ2) is 6.86. The molecule has 15 heavy (non-hydrogen) atoms. The van der Waals surface area contributed by atoms with Gasteiger partial charge in [-0.3, -0.25) is 0 Å². The SMILES string of the molecule is C=CCNC(=O)N[C@@H](CC(C)C)C(=O)O. The van der Waals surface area contributed by atoms with Crippen LogP contribution in [0.5, 0.6) is 0 Å². The molecule has 0 aromatic heterocycles. The van der Waals surface area contributed by atoms with E-state index in [9.17, 15) is 9.59 Å². The van der Waals surface area contributed by atoms with E-state index in [1.807, 2.05) is 13.8 Å². The van der Waals surface area contributed by atoms with Crippen LogP contribution in [0.3, 0.4) is 0 Å². The van der Waals surface area contributed by atoms with Crippen LogP contribution in [0.2, 0.25) is 0 Å². The van der Waals surface area contributed by atoms with Crippen LogP contribution >= 0.6 is 0 Å². The lowest BCUT2D eigenvalue weighted by Gasteiger charge is -2.16. The third-order valence-corrected chi connectivity index (χ3v) is 1.72. The summed E-state index contributed by atoms with van der Waals surface area (Å²) < 4.78 is 0. The number of carboxylic acids is 1. The topological polar surface area (TPSA) is 78.4 Å². The van der Waals surface area contributed by atoms with Gasteiger partial charge in [-0.15, -0.1) is 6.58 Å². The number of nitrogens with one attached hydrogen (secondary N) is 2. The first-order valence-corrected chi connectivity index (χ1v) is 4.85. The first-order valence-electron chi connectivity index (χ1n) is 4.85. The molecule has 0 spiro atoms. The Morgan fingerprint density at radius 3 is 2.47 bits per heavy atom. The van der Waals surface area contributed by atoms with Crippen LogP contribution < -0.4 is 10.6 Å². The van der Waals surface area contributed by atoms with E-state index in [2.05, 4.69) is 17.2 Å². The summed E-state index contributed by atoms with van der Waals surface area (Å²) >= 11 is 0. The Hall–Kier alpha value is -1.52. The van der Waals surface area contributed by atoms with Crippen molar-refractivity contribution in [3.8, 4) is 0 Å². The minimum absolute atomic E-state index is 0.214. The Morgan fingerprint density at radius 2 is 2.07 bits per heavy atom. The van der Waals surface area contributed by atoms with Gasteiger partial charge in [0.05, 0.1) is 0 Å². The standard InChI is InChI=1S/C10H18N2O3/c1-4-5-11-10(15)12-8(9(13)14)6-7(2)3/h4,7-8H,1,5-6H2,2-3H3,(H,13,14)(H2,11,12,15)/t8-/m0/s1. The van der Waals surface area contributed by atoms with Gasteiger partial charge in [0.15, 0.2) is 0 Å². The Morgan fingerprint density at radius 1 is 1.47 bits per heavy atom. The maximum atomic E-state index is 11.2. The van der Waals surface area contributed by atoms with Gasteiger partial charge in [0.25, 0.3) is 0 Å². The highest BCUT2D eigenvalue weighted by Gasteiger charge is 2.20. The summed E-state index contributed by atoms with van der Waals surface area (Å²) in [7, 11) is 0. The molecule has 0 fully saturated rings. The van der Waals surface area contributed by atoms with E-state index in [4.69, 9.17) is 5.11 Å². The molecule has 5 nitrogen and oxygen atoms in total. The molecule has 3 N–H and O–H groups in total. The molecular weight excluding hydrogens is 196 g/mol. The molecule has 0 saturated heterocycles. The highest BCUT2D eigenvalue weighted by Crippen LogP contribution is 2.04. The van der Waals surface area contributed by atoms with E-state index in [1.165, 1.54) is 6.08 Å². The summed E-state index contributed by atoms with van der Waals surface area (Å²) in [5.74, 6) is -0.803. The van der Waals surface area contributed by atoms with Crippen molar-refractivity contribution in [3.05, 3.63) is 12.7 Å². The molecule has 0 bridgehead atoms. The van der Waals surface area contributed by atoms with Crippen molar-refractivity contribution in [1.82, 2.24) is 10.6 Å². The summed E-state index contributed by atoms with van der Waals surface area (Å²) in [6.45, 7) is 7.56. The zero-order chi connectivity index (χ0) is 11.8. The van der Waals surface area contributed by atoms with E-state index < -0.39 is 18.0 Å². The van der Waals surface area contributed by atoms with E-state index >= 15 is 0 Å². The molecule has 0 unspecified atom stereocenters. The first-order chi connectivity index (χ1) is 6.97. The van der Waals surface area contributed by atoms with Crippen LogP contribution in [0.25, 0.3) is 0 Å². The summed E-state index contributed by atoms with van der Waals surface area (Å²) in [4.78, 5) is 21.9. The van der Waals surface area contributed by atoms with Gasteiger partial charge in [-0.1, -0.05) is 19.9 Å². The second-order valence-electron chi connectivity index (χ2n) is 3.66. The fourth-order valence-electron chi connectivity index (χ4n) is 1.07. The van der Waals surface area contributed by atoms with Crippen LogP contribution in [0.15, 0.2) is 12.7 Å². The largest absolute Gasteiger partial charge is 0.480 e. The Kier molecular flexibility index (Phi) is 6.17. The predicted molar refractivity (Wildman–Crippen MR) is 57.6 cm³/mol. The maximum Gasteiger partial charge on any atom is 0.326 e. The van der Waals surface area contributed by atoms with Gasteiger partial charge in [0.2, 0.25) is 0 Å². The number of aliphatic carboxylic acids is 1. The van der Waals surface area contributed by atoms with Crippen LogP contribution in [-0.2, 0) is 4.79 Å². The predicted octanol–water partition coefficient (Wildman–Crippen LogP) is 0.971. The van der Waals surface area contributed by atoms with Crippen molar-refractivity contribution in [2.45, 2.75) is 26.3 Å². The Labute approximate surface area is 89.6 Å². The lowest BCUT2D eigenvalue weighted by Crippen LogP contribution is -2.46. The molecular formula is C10H18N2O3.